The summed E-state index contributed by atoms with van der Waals surface area (Å²) in [4.78, 5) is 15.3. The zero-order chi connectivity index (χ0) is 13.2. The van der Waals surface area contributed by atoms with E-state index in [2.05, 4.69) is 33.4 Å². The fourth-order valence-corrected chi connectivity index (χ4v) is 4.27. The molecule has 0 radical (unpaired) electrons. The first-order valence-electron chi connectivity index (χ1n) is 5.64. The first-order valence-corrected chi connectivity index (χ1v) is 8.16. The van der Waals surface area contributed by atoms with Gasteiger partial charge in [0, 0.05) is 21.8 Å². The van der Waals surface area contributed by atoms with Crippen LogP contribution in [0.4, 0.5) is 5.95 Å². The normalized spacial score (nSPS) is 11.1. The lowest BCUT2D eigenvalue weighted by atomic mass is 10.3. The molecule has 3 N–H and O–H groups in total. The molecule has 19 heavy (non-hydrogen) atoms. The molecule has 0 bridgehead atoms. The van der Waals surface area contributed by atoms with Gasteiger partial charge in [0.1, 0.15) is 9.86 Å². The summed E-state index contributed by atoms with van der Waals surface area (Å²) in [7, 11) is 0. The van der Waals surface area contributed by atoms with Gasteiger partial charge in [-0.2, -0.15) is 0 Å². The fraction of sp³-hybridized carbons (Fsp3) is 0.182. The molecule has 3 heterocycles. The number of fused-ring (bicyclic) bond motifs is 1. The third-order valence-electron chi connectivity index (χ3n) is 2.48. The summed E-state index contributed by atoms with van der Waals surface area (Å²) < 4.78 is 0.965. The van der Waals surface area contributed by atoms with Crippen LogP contribution < -0.4 is 11.3 Å². The number of thiophene rings is 1. The molecule has 5 nitrogen and oxygen atoms in total. The number of nitrogens with two attached hydrogens (primary N) is 1. The quantitative estimate of drug-likeness (QED) is 0.438. The molecule has 0 aliphatic heterocycles. The Morgan fingerprint density at radius 2 is 2.32 bits per heavy atom. The van der Waals surface area contributed by atoms with E-state index in [1.54, 1.807) is 40.6 Å². The molecule has 0 saturated heterocycles. The maximum Gasteiger partial charge on any atom is 0.239 e. The highest BCUT2D eigenvalue weighted by atomic mass is 32.2. The van der Waals surface area contributed by atoms with Crippen LogP contribution >= 0.6 is 34.4 Å². The summed E-state index contributed by atoms with van der Waals surface area (Å²) >= 11 is 4.82. The molecule has 0 spiro atoms. The minimum atomic E-state index is 0.441. The lowest BCUT2D eigenvalue weighted by Crippen LogP contribution is -2.10. The van der Waals surface area contributed by atoms with E-state index >= 15 is 0 Å². The molecule has 0 amide bonds. The van der Waals surface area contributed by atoms with E-state index in [0.29, 0.717) is 5.95 Å². The molecule has 0 fully saturated rings. The van der Waals surface area contributed by atoms with Gasteiger partial charge < -0.3 is 0 Å². The van der Waals surface area contributed by atoms with Crippen molar-refractivity contribution < 1.29 is 0 Å². The lowest BCUT2D eigenvalue weighted by Gasteiger charge is -2.02. The highest BCUT2D eigenvalue weighted by Crippen LogP contribution is 2.36. The van der Waals surface area contributed by atoms with Gasteiger partial charge in [-0.3, -0.25) is 5.43 Å². The van der Waals surface area contributed by atoms with Gasteiger partial charge in [-0.25, -0.2) is 20.8 Å². The van der Waals surface area contributed by atoms with Gasteiger partial charge in [0.15, 0.2) is 4.34 Å². The Balaban J connectivity index is 2.11. The summed E-state index contributed by atoms with van der Waals surface area (Å²) in [6.07, 6.45) is 2.78. The first-order chi connectivity index (χ1) is 9.30. The molecule has 0 aromatic carbocycles. The van der Waals surface area contributed by atoms with Crippen molar-refractivity contribution in [1.29, 1.82) is 0 Å². The Kier molecular flexibility index (Phi) is 3.65. The van der Waals surface area contributed by atoms with Gasteiger partial charge in [0.05, 0.1) is 0 Å². The second-order valence-corrected chi connectivity index (χ2v) is 6.93. The van der Waals surface area contributed by atoms with E-state index in [1.807, 2.05) is 5.38 Å². The van der Waals surface area contributed by atoms with Crippen molar-refractivity contribution in [2.45, 2.75) is 22.7 Å². The van der Waals surface area contributed by atoms with Crippen LogP contribution in [-0.2, 0) is 6.42 Å². The monoisotopic (exact) mass is 309 g/mol. The smallest absolute Gasteiger partial charge is 0.239 e. The van der Waals surface area contributed by atoms with E-state index in [0.717, 1.165) is 26.0 Å². The lowest BCUT2D eigenvalue weighted by molar-refractivity contribution is 1.07. The maximum atomic E-state index is 5.43. The van der Waals surface area contributed by atoms with E-state index in [1.165, 1.54) is 4.88 Å². The van der Waals surface area contributed by atoms with Crippen molar-refractivity contribution >= 4 is 50.6 Å². The molecule has 3 rings (SSSR count). The number of anilines is 1. The standard InChI is InChI=1S/C11H11N5S3/c1-2-6-5-7-8(18-6)14-10(16-12)15-9(7)19-11-13-3-4-17-11/h3-5H,2,12H2,1H3,(H,14,15,16). The molecular formula is C11H11N5S3. The third-order valence-corrected chi connectivity index (χ3v) is 5.54. The Bertz CT molecular complexity index is 692. The Hall–Kier alpha value is -1.22. The molecule has 8 heteroatoms. The summed E-state index contributed by atoms with van der Waals surface area (Å²) in [6, 6.07) is 2.15. The number of aromatic nitrogens is 3. The van der Waals surface area contributed by atoms with Gasteiger partial charge in [-0.05, 0) is 24.2 Å². The average molecular weight is 309 g/mol. The van der Waals surface area contributed by atoms with Crippen LogP contribution in [0, 0.1) is 0 Å². The maximum absolute atomic E-state index is 5.43. The van der Waals surface area contributed by atoms with Crippen molar-refractivity contribution in [1.82, 2.24) is 15.0 Å². The SMILES string of the molecule is CCc1cc2c(Sc3nccs3)nc(NN)nc2s1. The number of nitrogen functional groups attached to an aromatic ring is 1. The highest BCUT2D eigenvalue weighted by Gasteiger charge is 2.13. The highest BCUT2D eigenvalue weighted by molar-refractivity contribution is 8.01. The predicted molar refractivity (Wildman–Crippen MR) is 80.8 cm³/mol. The Morgan fingerprint density at radius 3 is 3.00 bits per heavy atom. The predicted octanol–water partition coefficient (Wildman–Crippen LogP) is 3.15. The van der Waals surface area contributed by atoms with Crippen molar-refractivity contribution in [3.63, 3.8) is 0 Å². The number of nitrogens with one attached hydrogen (secondary N) is 1. The topological polar surface area (TPSA) is 76.7 Å². The van der Waals surface area contributed by atoms with Crippen LogP contribution in [0.1, 0.15) is 11.8 Å². The summed E-state index contributed by atoms with van der Waals surface area (Å²) in [5, 5.41) is 3.92. The number of hydrogen-bond donors (Lipinski definition) is 2. The van der Waals surface area contributed by atoms with Gasteiger partial charge in [0.2, 0.25) is 5.95 Å². The van der Waals surface area contributed by atoms with Gasteiger partial charge in [-0.1, -0.05) is 6.92 Å². The second kappa shape index (κ2) is 5.41. The summed E-state index contributed by atoms with van der Waals surface area (Å²) in [5.74, 6) is 5.87. The Morgan fingerprint density at radius 1 is 1.42 bits per heavy atom. The Labute approximate surface area is 122 Å². The number of nitrogens with zero attached hydrogens (tertiary/aromatic N) is 3. The average Bonchev–Trinajstić information content (AvgIpc) is 3.06. The van der Waals surface area contributed by atoms with Crippen LogP contribution in [0.15, 0.2) is 27.0 Å². The summed E-state index contributed by atoms with van der Waals surface area (Å²) in [6.45, 7) is 2.13. The molecule has 0 saturated carbocycles. The van der Waals surface area contributed by atoms with Crippen LogP contribution in [0.3, 0.4) is 0 Å². The van der Waals surface area contributed by atoms with Crippen molar-refractivity contribution in [3.05, 3.63) is 22.5 Å². The molecular weight excluding hydrogens is 298 g/mol. The molecule has 3 aromatic rings. The molecule has 0 aliphatic carbocycles. The van der Waals surface area contributed by atoms with Gasteiger partial charge in [-0.15, -0.1) is 22.7 Å². The summed E-state index contributed by atoms with van der Waals surface area (Å²) in [5.41, 5.74) is 2.52. The van der Waals surface area contributed by atoms with Crippen LogP contribution in [0.2, 0.25) is 0 Å². The van der Waals surface area contributed by atoms with Crippen LogP contribution in [-0.4, -0.2) is 15.0 Å². The van der Waals surface area contributed by atoms with Crippen molar-refractivity contribution in [2.75, 3.05) is 5.43 Å². The number of hydrazine groups is 1. The minimum Gasteiger partial charge on any atom is -0.292 e. The van der Waals surface area contributed by atoms with E-state index in [-0.39, 0.29) is 0 Å². The van der Waals surface area contributed by atoms with Gasteiger partial charge in [0.25, 0.3) is 0 Å². The van der Waals surface area contributed by atoms with E-state index in [4.69, 9.17) is 5.84 Å². The third kappa shape index (κ3) is 2.57. The molecule has 98 valence electrons. The van der Waals surface area contributed by atoms with Crippen molar-refractivity contribution in [2.24, 2.45) is 5.84 Å². The number of hydrogen-bond acceptors (Lipinski definition) is 8. The minimum absolute atomic E-state index is 0.441. The second-order valence-electron chi connectivity index (χ2n) is 3.68. The molecule has 3 aromatic heterocycles. The number of rotatable bonds is 4. The van der Waals surface area contributed by atoms with Crippen LogP contribution in [0.25, 0.3) is 10.2 Å². The fourth-order valence-electron chi connectivity index (χ4n) is 1.61. The number of thiazole rings is 1. The van der Waals surface area contributed by atoms with Crippen LogP contribution in [0.5, 0.6) is 0 Å². The van der Waals surface area contributed by atoms with E-state index in [9.17, 15) is 0 Å². The van der Waals surface area contributed by atoms with E-state index < -0.39 is 0 Å². The molecule has 0 aliphatic rings. The largest absolute Gasteiger partial charge is 0.292 e. The number of aryl methyl sites for hydroxylation is 1. The van der Waals surface area contributed by atoms with Gasteiger partial charge >= 0.3 is 0 Å². The first kappa shape index (κ1) is 12.8. The zero-order valence-corrected chi connectivity index (χ0v) is 12.5. The molecule has 0 unspecified atom stereocenters. The molecule has 0 atom stereocenters. The van der Waals surface area contributed by atoms with Crippen molar-refractivity contribution in [3.8, 4) is 0 Å². The zero-order valence-electron chi connectivity index (χ0n) is 10.1.